The number of aromatic nitrogens is 5. The Bertz CT molecular complexity index is 1410. The van der Waals surface area contributed by atoms with Crippen LogP contribution >= 0.6 is 0 Å². The van der Waals surface area contributed by atoms with Crippen LogP contribution in [0.3, 0.4) is 0 Å². The molecule has 5 aromatic rings. The summed E-state index contributed by atoms with van der Waals surface area (Å²) in [4.78, 5) is 29.8. The highest BCUT2D eigenvalue weighted by Gasteiger charge is 2.09. The summed E-state index contributed by atoms with van der Waals surface area (Å²) in [7, 11) is 0. The minimum absolute atomic E-state index is 0.257. The van der Waals surface area contributed by atoms with E-state index in [1.165, 1.54) is 6.33 Å². The molecule has 0 spiro atoms. The van der Waals surface area contributed by atoms with E-state index in [4.69, 9.17) is 0 Å². The molecule has 2 aromatic carbocycles. The van der Waals surface area contributed by atoms with Gasteiger partial charge in [-0.2, -0.15) is 0 Å². The Morgan fingerprint density at radius 2 is 1.72 bits per heavy atom. The highest BCUT2D eigenvalue weighted by atomic mass is 16.1. The lowest BCUT2D eigenvalue weighted by molar-refractivity contribution is 0.102. The zero-order valence-electron chi connectivity index (χ0n) is 17.2. The molecule has 0 unspecified atom stereocenters. The number of benzene rings is 2. The quantitative estimate of drug-likeness (QED) is 0.433. The predicted octanol–water partition coefficient (Wildman–Crippen LogP) is 4.51. The molecule has 0 fully saturated rings. The number of aryl methyl sites for hydroxylation is 1. The summed E-state index contributed by atoms with van der Waals surface area (Å²) in [5, 5.41) is 7.13. The maximum atomic E-state index is 12.6. The fraction of sp³-hybridized carbons (Fsp3) is 0.0417. The normalized spacial score (nSPS) is 10.8. The van der Waals surface area contributed by atoms with Gasteiger partial charge in [0.2, 0.25) is 0 Å². The van der Waals surface area contributed by atoms with Gasteiger partial charge >= 0.3 is 0 Å². The number of anilines is 3. The molecule has 0 saturated heterocycles. The van der Waals surface area contributed by atoms with E-state index in [-0.39, 0.29) is 5.91 Å². The zero-order chi connectivity index (χ0) is 21.9. The van der Waals surface area contributed by atoms with E-state index in [0.29, 0.717) is 17.2 Å². The molecule has 0 radical (unpaired) electrons. The minimum Gasteiger partial charge on any atom is -0.340 e. The first-order chi connectivity index (χ1) is 15.7. The molecule has 156 valence electrons. The van der Waals surface area contributed by atoms with Crippen LogP contribution in [-0.4, -0.2) is 30.4 Å². The van der Waals surface area contributed by atoms with Crippen molar-refractivity contribution in [2.45, 2.75) is 6.92 Å². The largest absolute Gasteiger partial charge is 0.340 e. The Hall–Kier alpha value is -4.59. The van der Waals surface area contributed by atoms with Gasteiger partial charge in [0.1, 0.15) is 29.5 Å². The number of imidazole rings is 1. The summed E-state index contributed by atoms with van der Waals surface area (Å²) in [5.41, 5.74) is 2.66. The number of rotatable bonds is 5. The van der Waals surface area contributed by atoms with Gasteiger partial charge in [-0.3, -0.25) is 9.36 Å². The van der Waals surface area contributed by atoms with Crippen LogP contribution in [-0.2, 0) is 0 Å². The number of fused-ring (bicyclic) bond motifs is 1. The van der Waals surface area contributed by atoms with E-state index >= 15 is 0 Å². The average molecular weight is 421 g/mol. The summed E-state index contributed by atoms with van der Waals surface area (Å²) in [5.74, 6) is 1.97. The van der Waals surface area contributed by atoms with Crippen molar-refractivity contribution in [3.05, 3.63) is 97.0 Å². The van der Waals surface area contributed by atoms with Crippen LogP contribution in [0, 0.1) is 6.92 Å². The molecule has 0 aliphatic rings. The lowest BCUT2D eigenvalue weighted by Gasteiger charge is -2.10. The third kappa shape index (κ3) is 4.01. The van der Waals surface area contributed by atoms with Crippen LogP contribution < -0.4 is 10.6 Å². The molecule has 0 aliphatic carbocycles. The van der Waals surface area contributed by atoms with Crippen LogP contribution in [0.15, 0.2) is 85.5 Å². The number of hydrogen-bond donors (Lipinski definition) is 2. The molecule has 0 bridgehead atoms. The fourth-order valence-electron chi connectivity index (χ4n) is 3.34. The summed E-state index contributed by atoms with van der Waals surface area (Å²) in [6, 6.07) is 20.5. The molecular formula is C24H19N7O. The van der Waals surface area contributed by atoms with E-state index in [2.05, 4.69) is 30.6 Å². The lowest BCUT2D eigenvalue weighted by atomic mass is 10.2. The second-order valence-electron chi connectivity index (χ2n) is 7.15. The Labute approximate surface area is 184 Å². The van der Waals surface area contributed by atoms with Crippen molar-refractivity contribution in [2.24, 2.45) is 0 Å². The van der Waals surface area contributed by atoms with Crippen LogP contribution in [0.1, 0.15) is 16.3 Å². The van der Waals surface area contributed by atoms with E-state index in [1.54, 1.807) is 12.3 Å². The van der Waals surface area contributed by atoms with Crippen molar-refractivity contribution in [3.63, 3.8) is 0 Å². The first kappa shape index (κ1) is 19.4. The standard InChI is InChI=1S/C24H19N7O/c1-16-25-12-13-31(16)23-14-22(26-15-27-23)28-18-7-9-19(10-8-18)29-24(32)21-11-6-17-4-2-3-5-20(17)30-21/h2-15H,1H3,(H,29,32)(H,26,27,28). The van der Waals surface area contributed by atoms with E-state index in [0.717, 1.165) is 28.2 Å². The van der Waals surface area contributed by atoms with E-state index in [9.17, 15) is 4.79 Å². The van der Waals surface area contributed by atoms with Crippen LogP contribution in [0.5, 0.6) is 0 Å². The van der Waals surface area contributed by atoms with Crippen molar-refractivity contribution in [2.75, 3.05) is 10.6 Å². The van der Waals surface area contributed by atoms with Gasteiger partial charge in [0, 0.05) is 35.2 Å². The molecular weight excluding hydrogens is 402 g/mol. The number of para-hydroxylation sites is 1. The molecule has 1 amide bonds. The summed E-state index contributed by atoms with van der Waals surface area (Å²) < 4.78 is 1.88. The number of nitrogens with one attached hydrogen (secondary N) is 2. The smallest absolute Gasteiger partial charge is 0.274 e. The van der Waals surface area contributed by atoms with Crippen LogP contribution in [0.2, 0.25) is 0 Å². The monoisotopic (exact) mass is 421 g/mol. The van der Waals surface area contributed by atoms with Gasteiger partial charge in [-0.05, 0) is 43.3 Å². The van der Waals surface area contributed by atoms with Crippen molar-refractivity contribution in [1.82, 2.24) is 24.5 Å². The number of carbonyl (C=O) groups excluding carboxylic acids is 1. The van der Waals surface area contributed by atoms with Crippen molar-refractivity contribution in [3.8, 4) is 5.82 Å². The van der Waals surface area contributed by atoms with Gasteiger partial charge in [0.15, 0.2) is 0 Å². The number of amides is 1. The first-order valence-electron chi connectivity index (χ1n) is 10.0. The second-order valence-corrected chi connectivity index (χ2v) is 7.15. The minimum atomic E-state index is -0.257. The highest BCUT2D eigenvalue weighted by Crippen LogP contribution is 2.20. The summed E-state index contributed by atoms with van der Waals surface area (Å²) in [6.07, 6.45) is 5.08. The first-order valence-corrected chi connectivity index (χ1v) is 10.0. The average Bonchev–Trinajstić information content (AvgIpc) is 3.26. The fourth-order valence-corrected chi connectivity index (χ4v) is 3.34. The van der Waals surface area contributed by atoms with Gasteiger partial charge in [0.25, 0.3) is 5.91 Å². The molecule has 8 heteroatoms. The van der Waals surface area contributed by atoms with Crippen molar-refractivity contribution < 1.29 is 4.79 Å². The van der Waals surface area contributed by atoms with Gasteiger partial charge in [-0.15, -0.1) is 0 Å². The summed E-state index contributed by atoms with van der Waals surface area (Å²) >= 11 is 0. The molecule has 8 nitrogen and oxygen atoms in total. The lowest BCUT2D eigenvalue weighted by Crippen LogP contribution is -2.13. The second kappa shape index (κ2) is 8.27. The van der Waals surface area contributed by atoms with Crippen LogP contribution in [0.4, 0.5) is 17.2 Å². The predicted molar refractivity (Wildman–Crippen MR) is 123 cm³/mol. The van der Waals surface area contributed by atoms with E-state index in [1.807, 2.05) is 78.4 Å². The van der Waals surface area contributed by atoms with Gasteiger partial charge < -0.3 is 10.6 Å². The SMILES string of the molecule is Cc1nccn1-c1cc(Nc2ccc(NC(=O)c3ccc4ccccc4n3)cc2)ncn1. The summed E-state index contributed by atoms with van der Waals surface area (Å²) in [6.45, 7) is 1.91. The Morgan fingerprint density at radius 3 is 2.53 bits per heavy atom. The zero-order valence-corrected chi connectivity index (χ0v) is 17.2. The van der Waals surface area contributed by atoms with Crippen LogP contribution in [0.25, 0.3) is 16.7 Å². The van der Waals surface area contributed by atoms with Gasteiger partial charge in [-0.1, -0.05) is 24.3 Å². The molecule has 5 rings (SSSR count). The molecule has 0 aliphatic heterocycles. The van der Waals surface area contributed by atoms with Crippen molar-refractivity contribution in [1.29, 1.82) is 0 Å². The maximum Gasteiger partial charge on any atom is 0.274 e. The molecule has 0 saturated carbocycles. The molecule has 3 heterocycles. The third-order valence-corrected chi connectivity index (χ3v) is 4.97. The number of hydrogen-bond acceptors (Lipinski definition) is 6. The molecule has 2 N–H and O–H groups in total. The molecule has 3 aromatic heterocycles. The topological polar surface area (TPSA) is 97.6 Å². The maximum absolute atomic E-state index is 12.6. The van der Waals surface area contributed by atoms with Crippen molar-refractivity contribution >= 4 is 34.0 Å². The van der Waals surface area contributed by atoms with E-state index < -0.39 is 0 Å². The number of nitrogens with zero attached hydrogens (tertiary/aromatic N) is 5. The van der Waals surface area contributed by atoms with Gasteiger partial charge in [0.05, 0.1) is 5.52 Å². The number of carbonyl (C=O) groups is 1. The molecule has 0 atom stereocenters. The highest BCUT2D eigenvalue weighted by molar-refractivity contribution is 6.04. The van der Waals surface area contributed by atoms with Gasteiger partial charge in [-0.25, -0.2) is 19.9 Å². The Kier molecular flexibility index (Phi) is 5.01. The Balaban J connectivity index is 1.28. The Morgan fingerprint density at radius 1 is 0.906 bits per heavy atom. The molecule has 32 heavy (non-hydrogen) atoms. The number of pyridine rings is 1. The third-order valence-electron chi connectivity index (χ3n) is 4.97.